The van der Waals surface area contributed by atoms with Gasteiger partial charge in [0.25, 0.3) is 0 Å². The van der Waals surface area contributed by atoms with Gasteiger partial charge in [-0.15, -0.1) is 0 Å². The zero-order valence-electron chi connectivity index (χ0n) is 14.1. The highest BCUT2D eigenvalue weighted by Gasteiger charge is 2.27. The molecule has 1 aromatic rings. The lowest BCUT2D eigenvalue weighted by atomic mass is 10.1. The van der Waals surface area contributed by atoms with E-state index in [0.717, 1.165) is 63.6 Å². The Hall–Kier alpha value is -1.30. The van der Waals surface area contributed by atoms with Crippen molar-refractivity contribution in [1.82, 2.24) is 10.2 Å². The summed E-state index contributed by atoms with van der Waals surface area (Å²) in [6.45, 7) is 5.64. The number of nitrogens with one attached hydrogen (secondary N) is 1. The molecule has 5 nitrogen and oxygen atoms in total. The van der Waals surface area contributed by atoms with Gasteiger partial charge in [0.2, 0.25) is 5.91 Å². The molecule has 1 saturated carbocycles. The molecule has 3 rings (SSSR count). The highest BCUT2D eigenvalue weighted by molar-refractivity contribution is 6.30. The Morgan fingerprint density at radius 2 is 2.04 bits per heavy atom. The third-order valence-electron chi connectivity index (χ3n) is 5.12. The summed E-state index contributed by atoms with van der Waals surface area (Å²) < 4.78 is 0. The number of carbonyl (C=O) groups excluding carboxylic acids is 1. The molecule has 1 aliphatic heterocycles. The van der Waals surface area contributed by atoms with Crippen molar-refractivity contribution in [2.75, 3.05) is 44.2 Å². The first-order valence-corrected chi connectivity index (χ1v) is 9.26. The minimum atomic E-state index is 0.125. The lowest BCUT2D eigenvalue weighted by Gasteiger charge is -2.36. The second-order valence-corrected chi connectivity index (χ2v) is 7.31. The number of rotatable bonds is 5. The Morgan fingerprint density at radius 3 is 2.71 bits per heavy atom. The summed E-state index contributed by atoms with van der Waals surface area (Å²) >= 11 is 6.07. The minimum absolute atomic E-state index is 0.125. The predicted molar refractivity (Wildman–Crippen MR) is 98.4 cm³/mol. The molecule has 24 heavy (non-hydrogen) atoms. The van der Waals surface area contributed by atoms with E-state index in [2.05, 4.69) is 21.2 Å². The second-order valence-electron chi connectivity index (χ2n) is 6.87. The molecule has 2 aliphatic rings. The van der Waals surface area contributed by atoms with Gasteiger partial charge in [0, 0.05) is 61.9 Å². The largest absolute Gasteiger partial charge is 0.369 e. The van der Waals surface area contributed by atoms with E-state index in [-0.39, 0.29) is 17.9 Å². The maximum atomic E-state index is 12.1. The summed E-state index contributed by atoms with van der Waals surface area (Å²) in [5, 5.41) is 3.86. The lowest BCUT2D eigenvalue weighted by Crippen LogP contribution is -2.48. The van der Waals surface area contributed by atoms with Gasteiger partial charge in [-0.1, -0.05) is 17.7 Å². The van der Waals surface area contributed by atoms with Gasteiger partial charge in [-0.2, -0.15) is 0 Å². The average molecular weight is 351 g/mol. The van der Waals surface area contributed by atoms with Gasteiger partial charge < -0.3 is 16.0 Å². The number of benzene rings is 1. The van der Waals surface area contributed by atoms with Crippen LogP contribution in [0.2, 0.25) is 5.02 Å². The van der Waals surface area contributed by atoms with Crippen molar-refractivity contribution in [3.63, 3.8) is 0 Å². The Labute approximate surface area is 149 Å². The summed E-state index contributed by atoms with van der Waals surface area (Å²) in [4.78, 5) is 16.9. The van der Waals surface area contributed by atoms with Crippen LogP contribution in [0.5, 0.6) is 0 Å². The smallest absolute Gasteiger partial charge is 0.223 e. The number of halogens is 1. The molecule has 3 N–H and O–H groups in total. The van der Waals surface area contributed by atoms with E-state index < -0.39 is 0 Å². The number of hydrogen-bond donors (Lipinski definition) is 2. The topological polar surface area (TPSA) is 61.6 Å². The van der Waals surface area contributed by atoms with Gasteiger partial charge in [-0.05, 0) is 37.5 Å². The number of nitrogens with zero attached hydrogens (tertiary/aromatic N) is 2. The Morgan fingerprint density at radius 1 is 1.25 bits per heavy atom. The maximum absolute atomic E-state index is 12.1. The van der Waals surface area contributed by atoms with Crippen molar-refractivity contribution in [2.24, 2.45) is 11.7 Å². The number of hydrogen-bond acceptors (Lipinski definition) is 4. The molecule has 132 valence electrons. The van der Waals surface area contributed by atoms with Crippen LogP contribution in [0.3, 0.4) is 0 Å². The van der Waals surface area contributed by atoms with E-state index in [9.17, 15) is 4.79 Å². The normalized spacial score (nSPS) is 25.0. The lowest BCUT2D eigenvalue weighted by molar-refractivity contribution is -0.124. The number of nitrogens with two attached hydrogens (primary N) is 1. The minimum Gasteiger partial charge on any atom is -0.369 e. The van der Waals surface area contributed by atoms with Gasteiger partial charge in [-0.25, -0.2) is 0 Å². The third kappa shape index (κ3) is 4.62. The van der Waals surface area contributed by atoms with Crippen LogP contribution < -0.4 is 16.0 Å². The van der Waals surface area contributed by atoms with Gasteiger partial charge >= 0.3 is 0 Å². The molecule has 1 amide bonds. The molecule has 2 unspecified atom stereocenters. The van der Waals surface area contributed by atoms with E-state index in [4.69, 9.17) is 17.3 Å². The molecule has 1 saturated heterocycles. The monoisotopic (exact) mass is 350 g/mol. The van der Waals surface area contributed by atoms with Crippen molar-refractivity contribution in [1.29, 1.82) is 0 Å². The van der Waals surface area contributed by atoms with Crippen molar-refractivity contribution in [3.8, 4) is 0 Å². The average Bonchev–Trinajstić information content (AvgIpc) is 3.02. The van der Waals surface area contributed by atoms with E-state index >= 15 is 0 Å². The molecule has 0 radical (unpaired) electrons. The third-order valence-corrected chi connectivity index (χ3v) is 5.35. The highest BCUT2D eigenvalue weighted by atomic mass is 35.5. The fourth-order valence-electron chi connectivity index (χ4n) is 3.64. The molecule has 1 heterocycles. The highest BCUT2D eigenvalue weighted by Crippen LogP contribution is 2.24. The van der Waals surface area contributed by atoms with Gasteiger partial charge in [0.15, 0.2) is 0 Å². The summed E-state index contributed by atoms with van der Waals surface area (Å²) in [7, 11) is 0. The first-order valence-electron chi connectivity index (χ1n) is 8.88. The molecular weight excluding hydrogens is 324 g/mol. The maximum Gasteiger partial charge on any atom is 0.223 e. The van der Waals surface area contributed by atoms with Crippen LogP contribution in [0.25, 0.3) is 0 Å². The molecule has 1 aromatic carbocycles. The van der Waals surface area contributed by atoms with Crippen LogP contribution in [0.1, 0.15) is 19.3 Å². The zero-order valence-corrected chi connectivity index (χ0v) is 14.8. The van der Waals surface area contributed by atoms with E-state index in [1.165, 1.54) is 5.69 Å². The fraction of sp³-hybridized carbons (Fsp3) is 0.611. The SMILES string of the molecule is NC1CCC(C(=O)NCCN2CCN(c3cccc(Cl)c3)CC2)C1. The quantitative estimate of drug-likeness (QED) is 0.848. The summed E-state index contributed by atoms with van der Waals surface area (Å²) in [6, 6.07) is 8.23. The molecule has 0 aromatic heterocycles. The van der Waals surface area contributed by atoms with E-state index in [0.29, 0.717) is 0 Å². The molecule has 0 spiro atoms. The predicted octanol–water partition coefficient (Wildman–Crippen LogP) is 1.71. The van der Waals surface area contributed by atoms with Crippen LogP contribution in [0.4, 0.5) is 5.69 Å². The standard InChI is InChI=1S/C18H27ClN4O/c19-15-2-1-3-17(13-15)23-10-8-22(9-11-23)7-6-21-18(24)14-4-5-16(20)12-14/h1-3,13-14,16H,4-12,20H2,(H,21,24). The molecule has 6 heteroatoms. The second kappa shape index (κ2) is 8.19. The molecular formula is C18H27ClN4O. The first-order chi connectivity index (χ1) is 11.6. The molecule has 2 atom stereocenters. The van der Waals surface area contributed by atoms with Crippen molar-refractivity contribution >= 4 is 23.2 Å². The zero-order chi connectivity index (χ0) is 16.9. The van der Waals surface area contributed by atoms with E-state index in [1.807, 2.05) is 18.2 Å². The van der Waals surface area contributed by atoms with Crippen molar-refractivity contribution in [3.05, 3.63) is 29.3 Å². The van der Waals surface area contributed by atoms with Gasteiger partial charge in [0.05, 0.1) is 0 Å². The number of piperazine rings is 1. The molecule has 0 bridgehead atoms. The number of amides is 1. The Kier molecular flexibility index (Phi) is 5.98. The van der Waals surface area contributed by atoms with Crippen LogP contribution >= 0.6 is 11.6 Å². The molecule has 1 aliphatic carbocycles. The van der Waals surface area contributed by atoms with Crippen molar-refractivity contribution in [2.45, 2.75) is 25.3 Å². The van der Waals surface area contributed by atoms with Crippen LogP contribution in [-0.4, -0.2) is 56.1 Å². The summed E-state index contributed by atoms with van der Waals surface area (Å²) in [5.74, 6) is 0.306. The van der Waals surface area contributed by atoms with Gasteiger partial charge in [0.1, 0.15) is 0 Å². The number of carbonyl (C=O) groups is 1. The Bertz CT molecular complexity index is 560. The Balaban J connectivity index is 1.36. The van der Waals surface area contributed by atoms with Crippen LogP contribution in [0, 0.1) is 5.92 Å². The summed E-state index contributed by atoms with van der Waals surface area (Å²) in [6.07, 6.45) is 2.75. The van der Waals surface area contributed by atoms with Gasteiger partial charge in [-0.3, -0.25) is 9.69 Å². The van der Waals surface area contributed by atoms with E-state index in [1.54, 1.807) is 0 Å². The van der Waals surface area contributed by atoms with Crippen LogP contribution in [-0.2, 0) is 4.79 Å². The van der Waals surface area contributed by atoms with Crippen molar-refractivity contribution < 1.29 is 4.79 Å². The van der Waals surface area contributed by atoms with Crippen LogP contribution in [0.15, 0.2) is 24.3 Å². The molecule has 2 fully saturated rings. The fourth-order valence-corrected chi connectivity index (χ4v) is 3.82. The first kappa shape index (κ1) is 17.5. The number of anilines is 1. The summed E-state index contributed by atoms with van der Waals surface area (Å²) in [5.41, 5.74) is 7.07.